The van der Waals surface area contributed by atoms with Crippen LogP contribution in [0.25, 0.3) is 88.2 Å². The molecule has 3 heterocycles. The van der Waals surface area contributed by atoms with E-state index in [-0.39, 0.29) is 0 Å². The van der Waals surface area contributed by atoms with Crippen molar-refractivity contribution < 1.29 is 8.83 Å². The van der Waals surface area contributed by atoms with Crippen LogP contribution in [0.2, 0.25) is 0 Å². The minimum Gasteiger partial charge on any atom is -0.455 e. The maximum absolute atomic E-state index is 6.84. The Balaban J connectivity index is 1.01. The molecule has 5 nitrogen and oxygen atoms in total. The first-order valence-corrected chi connectivity index (χ1v) is 19.4. The van der Waals surface area contributed by atoms with Gasteiger partial charge in [0.15, 0.2) is 11.4 Å². The topological polar surface area (TPSA) is 55.9 Å². The lowest BCUT2D eigenvalue weighted by Gasteiger charge is -2.09. The second-order valence-electron chi connectivity index (χ2n) is 14.6. The van der Waals surface area contributed by atoms with Gasteiger partial charge >= 0.3 is 0 Å². The predicted octanol–water partition coefficient (Wildman–Crippen LogP) is 14.2. The van der Waals surface area contributed by atoms with Crippen LogP contribution in [0.1, 0.15) is 23.6 Å². The lowest BCUT2D eigenvalue weighted by atomic mass is 10.0. The fourth-order valence-electron chi connectivity index (χ4n) is 8.35. The number of fused-ring (bicyclic) bond motifs is 9. The van der Waals surface area contributed by atoms with E-state index in [1.165, 1.54) is 21.9 Å². The molecule has 0 N–H and O–H groups in total. The first-order valence-electron chi connectivity index (χ1n) is 19.4. The van der Waals surface area contributed by atoms with Crippen LogP contribution in [0.5, 0.6) is 0 Å². The largest absolute Gasteiger partial charge is 0.455 e. The van der Waals surface area contributed by atoms with E-state index < -0.39 is 0 Å². The Labute approximate surface area is 334 Å². The van der Waals surface area contributed by atoms with E-state index in [2.05, 4.69) is 132 Å². The molecule has 58 heavy (non-hydrogen) atoms. The van der Waals surface area contributed by atoms with E-state index in [1.54, 1.807) is 0 Å². The highest BCUT2D eigenvalue weighted by Crippen LogP contribution is 2.40. The lowest BCUT2D eigenvalue weighted by molar-refractivity contribution is 0.666. The zero-order valence-electron chi connectivity index (χ0n) is 31.7. The summed E-state index contributed by atoms with van der Waals surface area (Å²) >= 11 is 0. The SMILES string of the molecule is C=C(N=C(N=C(C)c1ccc2c(c1)oc1c(-n3c4ccccc4c4cc(-c5ccccc5)ccc43)cccc12)c1ccccc1)c1cccc2c1oc1ccccc12. The van der Waals surface area contributed by atoms with Crippen LogP contribution in [-0.4, -0.2) is 16.1 Å². The lowest BCUT2D eigenvalue weighted by Crippen LogP contribution is -2.04. The molecule has 0 unspecified atom stereocenters. The second kappa shape index (κ2) is 13.5. The van der Waals surface area contributed by atoms with E-state index in [0.717, 1.165) is 83.0 Å². The van der Waals surface area contributed by atoms with Crippen LogP contribution in [0.3, 0.4) is 0 Å². The van der Waals surface area contributed by atoms with Gasteiger partial charge in [-0.05, 0) is 72.1 Å². The number of para-hydroxylation sites is 4. The van der Waals surface area contributed by atoms with Crippen LogP contribution >= 0.6 is 0 Å². The van der Waals surface area contributed by atoms with Crippen molar-refractivity contribution in [1.82, 2.24) is 4.57 Å². The molecule has 0 aliphatic rings. The zero-order valence-corrected chi connectivity index (χ0v) is 31.7. The summed E-state index contributed by atoms with van der Waals surface area (Å²) in [6, 6.07) is 62.8. The molecule has 0 aliphatic carbocycles. The molecule has 0 spiro atoms. The summed E-state index contributed by atoms with van der Waals surface area (Å²) in [6.07, 6.45) is 0. The molecule has 0 amide bonds. The summed E-state index contributed by atoms with van der Waals surface area (Å²) in [6.45, 7) is 6.42. The number of aromatic nitrogens is 1. The molecule has 8 aromatic carbocycles. The van der Waals surface area contributed by atoms with Crippen molar-refractivity contribution in [3.8, 4) is 16.8 Å². The Bertz CT molecular complexity index is 3470. The Morgan fingerprint density at radius 3 is 1.97 bits per heavy atom. The Morgan fingerprint density at radius 1 is 0.466 bits per heavy atom. The van der Waals surface area contributed by atoms with Gasteiger partial charge in [0.1, 0.15) is 16.7 Å². The van der Waals surface area contributed by atoms with Crippen LogP contribution in [0, 0.1) is 0 Å². The molecule has 3 aromatic heterocycles. The van der Waals surface area contributed by atoms with Crippen molar-refractivity contribution in [3.05, 3.63) is 205 Å². The monoisotopic (exact) mass is 745 g/mol. The summed E-state index contributed by atoms with van der Waals surface area (Å²) in [5, 5.41) is 6.60. The maximum atomic E-state index is 6.84. The van der Waals surface area contributed by atoms with Gasteiger partial charge in [0.05, 0.1) is 22.4 Å². The van der Waals surface area contributed by atoms with Crippen LogP contribution in [0.4, 0.5) is 0 Å². The Hall–Kier alpha value is -7.76. The van der Waals surface area contributed by atoms with Gasteiger partial charge in [-0.1, -0.05) is 140 Å². The number of rotatable bonds is 6. The van der Waals surface area contributed by atoms with E-state index in [1.807, 2.05) is 67.6 Å². The number of benzene rings is 8. The molecular formula is C53H35N3O2. The molecule has 0 aliphatic heterocycles. The van der Waals surface area contributed by atoms with Gasteiger partial charge in [-0.15, -0.1) is 0 Å². The standard InChI is InChI=1S/C53H35N3O2/c1-33(54-53(36-17-7-4-8-18-36)55-34(2)39-21-13-22-43-41-20-10-12-26-49(41)57-51(39)43)37-27-29-42-44-23-14-25-48(52(44)58-50(42)32-37)56-46-24-11-9-19-40(46)45-31-38(28-30-47(45)56)35-15-5-3-6-16-35/h3-32H,2H2,1H3. The minimum atomic E-state index is 0.560. The highest BCUT2D eigenvalue weighted by Gasteiger charge is 2.19. The van der Waals surface area contributed by atoms with E-state index in [9.17, 15) is 0 Å². The minimum absolute atomic E-state index is 0.560. The fraction of sp³-hybridized carbons (Fsp3) is 0.0189. The summed E-state index contributed by atoms with van der Waals surface area (Å²) in [5.74, 6) is 0.560. The fourth-order valence-corrected chi connectivity index (χ4v) is 8.35. The summed E-state index contributed by atoms with van der Waals surface area (Å²) in [5.41, 5.74) is 12.9. The normalized spacial score (nSPS) is 12.5. The third kappa shape index (κ3) is 5.47. The zero-order chi connectivity index (χ0) is 38.7. The number of amidine groups is 1. The van der Waals surface area contributed by atoms with Gasteiger partial charge in [0, 0.05) is 49.2 Å². The molecule has 5 heteroatoms. The van der Waals surface area contributed by atoms with Gasteiger partial charge in [-0.25, -0.2) is 9.98 Å². The molecular weight excluding hydrogens is 711 g/mol. The van der Waals surface area contributed by atoms with Gasteiger partial charge in [-0.2, -0.15) is 0 Å². The first-order chi connectivity index (χ1) is 28.6. The smallest absolute Gasteiger partial charge is 0.160 e. The molecule has 11 rings (SSSR count). The summed E-state index contributed by atoms with van der Waals surface area (Å²) in [7, 11) is 0. The molecule has 0 fully saturated rings. The van der Waals surface area contributed by atoms with Gasteiger partial charge in [-0.3, -0.25) is 0 Å². The maximum Gasteiger partial charge on any atom is 0.160 e. The average molecular weight is 746 g/mol. The highest BCUT2D eigenvalue weighted by atomic mass is 16.3. The first kappa shape index (κ1) is 33.6. The third-order valence-electron chi connectivity index (χ3n) is 11.2. The number of furan rings is 2. The predicted molar refractivity (Wildman–Crippen MR) is 241 cm³/mol. The average Bonchev–Trinajstić information content (AvgIpc) is 3.96. The molecule has 0 saturated carbocycles. The van der Waals surface area contributed by atoms with E-state index in [4.69, 9.17) is 18.8 Å². The van der Waals surface area contributed by atoms with Crippen LogP contribution in [0.15, 0.2) is 207 Å². The van der Waals surface area contributed by atoms with Crippen LogP contribution < -0.4 is 0 Å². The second-order valence-corrected chi connectivity index (χ2v) is 14.6. The van der Waals surface area contributed by atoms with Crippen molar-refractivity contribution in [2.75, 3.05) is 0 Å². The van der Waals surface area contributed by atoms with Gasteiger partial charge < -0.3 is 13.4 Å². The van der Waals surface area contributed by atoms with E-state index in [0.29, 0.717) is 11.5 Å². The van der Waals surface area contributed by atoms with Crippen LogP contribution in [-0.2, 0) is 0 Å². The molecule has 0 saturated heterocycles. The number of hydrogen-bond acceptors (Lipinski definition) is 3. The molecule has 274 valence electrons. The highest BCUT2D eigenvalue weighted by molar-refractivity contribution is 6.17. The molecule has 11 aromatic rings. The van der Waals surface area contributed by atoms with Crippen molar-refractivity contribution in [3.63, 3.8) is 0 Å². The van der Waals surface area contributed by atoms with Crippen molar-refractivity contribution in [1.29, 1.82) is 0 Å². The third-order valence-corrected chi connectivity index (χ3v) is 11.2. The Morgan fingerprint density at radius 2 is 1.12 bits per heavy atom. The molecule has 0 atom stereocenters. The number of nitrogens with zero attached hydrogens (tertiary/aromatic N) is 3. The van der Waals surface area contributed by atoms with Gasteiger partial charge in [0.2, 0.25) is 0 Å². The molecule has 0 radical (unpaired) electrons. The quantitative estimate of drug-likeness (QED) is 0.126. The van der Waals surface area contributed by atoms with Crippen molar-refractivity contribution in [2.45, 2.75) is 6.92 Å². The number of hydrogen-bond donors (Lipinski definition) is 0. The number of aliphatic imine (C=N–C) groups is 2. The van der Waals surface area contributed by atoms with Gasteiger partial charge in [0.25, 0.3) is 0 Å². The van der Waals surface area contributed by atoms with Crippen molar-refractivity contribution >= 4 is 82.9 Å². The summed E-state index contributed by atoms with van der Waals surface area (Å²) in [4.78, 5) is 10.2. The Kier molecular flexibility index (Phi) is 7.79. The summed E-state index contributed by atoms with van der Waals surface area (Å²) < 4.78 is 15.5. The van der Waals surface area contributed by atoms with E-state index >= 15 is 0 Å². The molecule has 0 bridgehead atoms. The van der Waals surface area contributed by atoms with Crippen molar-refractivity contribution in [2.24, 2.45) is 9.98 Å².